The summed E-state index contributed by atoms with van der Waals surface area (Å²) in [6.45, 7) is 8.04. The first-order valence-corrected chi connectivity index (χ1v) is 11.5. The van der Waals surface area contributed by atoms with Gasteiger partial charge in [0.15, 0.2) is 5.65 Å². The monoisotopic (exact) mass is 452 g/mol. The van der Waals surface area contributed by atoms with E-state index in [4.69, 9.17) is 15.6 Å². The first-order valence-electron chi connectivity index (χ1n) is 11.5. The number of nitrogens with two attached hydrogens (primary N) is 1. The summed E-state index contributed by atoms with van der Waals surface area (Å²) in [5.41, 5.74) is 9.82. The molecule has 0 bridgehead atoms. The second-order valence-corrected chi connectivity index (χ2v) is 8.42. The van der Waals surface area contributed by atoms with Gasteiger partial charge in [-0.15, -0.1) is 0 Å². The predicted octanol–water partition coefficient (Wildman–Crippen LogP) is 5.59. The van der Waals surface area contributed by atoms with Crippen LogP contribution in [0.1, 0.15) is 25.8 Å². The Morgan fingerprint density at radius 2 is 1.85 bits per heavy atom. The highest BCUT2D eigenvalue weighted by molar-refractivity contribution is 5.98. The number of rotatable bonds is 6. The number of nitrogens with zero attached hydrogens (tertiary/aromatic N) is 5. The molecule has 1 aliphatic rings. The maximum absolute atomic E-state index is 6.32. The summed E-state index contributed by atoms with van der Waals surface area (Å²) < 4.78 is 7.96. The highest BCUT2D eigenvalue weighted by Crippen LogP contribution is 2.35. The van der Waals surface area contributed by atoms with Gasteiger partial charge in [0, 0.05) is 24.4 Å². The van der Waals surface area contributed by atoms with Crippen molar-refractivity contribution < 1.29 is 4.74 Å². The summed E-state index contributed by atoms with van der Waals surface area (Å²) in [6.07, 6.45) is 7.66. The van der Waals surface area contributed by atoms with E-state index in [1.807, 2.05) is 78.4 Å². The Bertz CT molecular complexity index is 1330. The Balaban J connectivity index is 1.49. The molecule has 34 heavy (non-hydrogen) atoms. The average Bonchev–Trinajstić information content (AvgIpc) is 3.26. The van der Waals surface area contributed by atoms with E-state index in [-0.39, 0.29) is 6.04 Å². The topological polar surface area (TPSA) is 82.1 Å². The molecule has 7 nitrogen and oxygen atoms in total. The third kappa shape index (κ3) is 4.24. The second-order valence-electron chi connectivity index (χ2n) is 8.42. The van der Waals surface area contributed by atoms with Crippen LogP contribution < -0.4 is 10.5 Å². The molecule has 0 spiro atoms. The summed E-state index contributed by atoms with van der Waals surface area (Å²) in [7, 11) is 0. The molecule has 2 aromatic heterocycles. The van der Waals surface area contributed by atoms with Crippen LogP contribution in [0.2, 0.25) is 0 Å². The van der Waals surface area contributed by atoms with E-state index in [1.165, 1.54) is 6.33 Å². The molecule has 1 fully saturated rings. The molecule has 0 amide bonds. The molecule has 1 aliphatic heterocycles. The molecule has 3 heterocycles. The number of hydrogen-bond donors (Lipinski definition) is 1. The van der Waals surface area contributed by atoms with E-state index in [0.29, 0.717) is 5.82 Å². The van der Waals surface area contributed by atoms with Gasteiger partial charge in [0.25, 0.3) is 0 Å². The zero-order valence-electron chi connectivity index (χ0n) is 19.3. The molecule has 0 saturated carbocycles. The number of fused-ring (bicyclic) bond motifs is 1. The van der Waals surface area contributed by atoms with Crippen molar-refractivity contribution in [3.05, 3.63) is 85.4 Å². The SMILES string of the molecule is C=C(/C=C/C)N1CCCC(n2nc(-c3ccc(Oc4ccccc4)cc3)c3c(N)ncnc32)C1. The molecule has 1 saturated heterocycles. The first kappa shape index (κ1) is 21.7. The fraction of sp³-hybridized carbons (Fsp3) is 0.222. The van der Waals surface area contributed by atoms with Gasteiger partial charge in [0.05, 0.1) is 11.4 Å². The van der Waals surface area contributed by atoms with Crippen molar-refractivity contribution in [2.24, 2.45) is 0 Å². The van der Waals surface area contributed by atoms with Crippen LogP contribution in [-0.4, -0.2) is 37.7 Å². The lowest BCUT2D eigenvalue weighted by molar-refractivity contribution is 0.218. The lowest BCUT2D eigenvalue weighted by atomic mass is 10.1. The Kier molecular flexibility index (Phi) is 5.99. The zero-order valence-corrected chi connectivity index (χ0v) is 19.3. The number of hydrogen-bond acceptors (Lipinski definition) is 6. The largest absolute Gasteiger partial charge is 0.457 e. The van der Waals surface area contributed by atoms with Crippen LogP contribution in [0.5, 0.6) is 11.5 Å². The van der Waals surface area contributed by atoms with E-state index in [0.717, 1.165) is 65.4 Å². The van der Waals surface area contributed by atoms with Crippen LogP contribution in [0.4, 0.5) is 5.82 Å². The van der Waals surface area contributed by atoms with Gasteiger partial charge < -0.3 is 15.4 Å². The molecular weight excluding hydrogens is 424 g/mol. The lowest BCUT2D eigenvalue weighted by Crippen LogP contribution is -2.35. The standard InChI is InChI=1S/C27H28N6O/c1-3-8-19(2)32-16-7-9-21(17-32)33-27-24(26(28)29-18-30-27)25(31-33)20-12-14-23(15-13-20)34-22-10-5-4-6-11-22/h3-6,8,10-15,18,21H,2,7,9,16-17H2,1H3,(H2,28,29,30)/b8-3+. The molecule has 0 radical (unpaired) electrons. The number of piperidine rings is 1. The molecule has 0 aliphatic carbocycles. The van der Waals surface area contributed by atoms with E-state index in [1.54, 1.807) is 0 Å². The fourth-order valence-corrected chi connectivity index (χ4v) is 4.47. The summed E-state index contributed by atoms with van der Waals surface area (Å²) in [5.74, 6) is 1.99. The molecule has 7 heteroatoms. The number of benzene rings is 2. The van der Waals surface area contributed by atoms with Crippen molar-refractivity contribution in [1.82, 2.24) is 24.6 Å². The lowest BCUT2D eigenvalue weighted by Gasteiger charge is -2.34. The Labute approximate surface area is 199 Å². The third-order valence-electron chi connectivity index (χ3n) is 6.13. The Morgan fingerprint density at radius 3 is 2.62 bits per heavy atom. The Hall–Kier alpha value is -4.13. The van der Waals surface area contributed by atoms with E-state index < -0.39 is 0 Å². The Morgan fingerprint density at radius 1 is 1.09 bits per heavy atom. The highest BCUT2D eigenvalue weighted by atomic mass is 16.5. The quantitative estimate of drug-likeness (QED) is 0.384. The van der Waals surface area contributed by atoms with Crippen LogP contribution in [0.15, 0.2) is 85.4 Å². The summed E-state index contributed by atoms with van der Waals surface area (Å²) >= 11 is 0. The predicted molar refractivity (Wildman–Crippen MR) is 135 cm³/mol. The van der Waals surface area contributed by atoms with Gasteiger partial charge in [-0.1, -0.05) is 30.9 Å². The molecule has 172 valence electrons. The molecular formula is C27H28N6O. The van der Waals surface area contributed by atoms with Crippen LogP contribution in [-0.2, 0) is 0 Å². The van der Waals surface area contributed by atoms with Crippen LogP contribution in [0.25, 0.3) is 22.3 Å². The zero-order chi connectivity index (χ0) is 23.5. The van der Waals surface area contributed by atoms with Gasteiger partial charge in [-0.25, -0.2) is 14.6 Å². The maximum atomic E-state index is 6.32. The van der Waals surface area contributed by atoms with Crippen LogP contribution in [0.3, 0.4) is 0 Å². The van der Waals surface area contributed by atoms with E-state index >= 15 is 0 Å². The van der Waals surface area contributed by atoms with E-state index in [9.17, 15) is 0 Å². The number of anilines is 1. The summed E-state index contributed by atoms with van der Waals surface area (Å²) in [4.78, 5) is 11.1. The minimum Gasteiger partial charge on any atom is -0.457 e. The van der Waals surface area contributed by atoms with Crippen molar-refractivity contribution in [2.45, 2.75) is 25.8 Å². The number of nitrogen functional groups attached to an aromatic ring is 1. The van der Waals surface area contributed by atoms with Crippen LogP contribution >= 0.6 is 0 Å². The van der Waals surface area contributed by atoms with Crippen molar-refractivity contribution in [1.29, 1.82) is 0 Å². The molecule has 1 unspecified atom stereocenters. The smallest absolute Gasteiger partial charge is 0.164 e. The van der Waals surface area contributed by atoms with Crippen molar-refractivity contribution >= 4 is 16.9 Å². The normalized spacial score (nSPS) is 16.3. The minimum absolute atomic E-state index is 0.169. The second kappa shape index (κ2) is 9.39. The fourth-order valence-electron chi connectivity index (χ4n) is 4.47. The van der Waals surface area contributed by atoms with Gasteiger partial charge in [-0.05, 0) is 62.2 Å². The maximum Gasteiger partial charge on any atom is 0.164 e. The number of para-hydroxylation sites is 1. The van der Waals surface area contributed by atoms with Crippen molar-refractivity contribution in [2.75, 3.05) is 18.8 Å². The summed E-state index contributed by atoms with van der Waals surface area (Å²) in [6, 6.07) is 17.8. The van der Waals surface area contributed by atoms with E-state index in [2.05, 4.69) is 21.4 Å². The number of likely N-dealkylation sites (tertiary alicyclic amines) is 1. The van der Waals surface area contributed by atoms with Gasteiger partial charge in [-0.3, -0.25) is 0 Å². The summed E-state index contributed by atoms with van der Waals surface area (Å²) in [5, 5.41) is 5.80. The van der Waals surface area contributed by atoms with Crippen molar-refractivity contribution in [3.63, 3.8) is 0 Å². The average molecular weight is 453 g/mol. The number of ether oxygens (including phenoxy) is 1. The highest BCUT2D eigenvalue weighted by Gasteiger charge is 2.26. The van der Waals surface area contributed by atoms with Gasteiger partial charge in [0.1, 0.15) is 29.3 Å². The van der Waals surface area contributed by atoms with Crippen molar-refractivity contribution in [3.8, 4) is 22.8 Å². The molecule has 4 aromatic rings. The van der Waals surface area contributed by atoms with Gasteiger partial charge in [0.2, 0.25) is 0 Å². The minimum atomic E-state index is 0.169. The number of aromatic nitrogens is 4. The molecule has 2 aromatic carbocycles. The number of allylic oxidation sites excluding steroid dienone is 2. The van der Waals surface area contributed by atoms with Crippen LogP contribution in [0, 0.1) is 0 Å². The molecule has 1 atom stereocenters. The van der Waals surface area contributed by atoms with Gasteiger partial charge in [-0.2, -0.15) is 5.10 Å². The van der Waals surface area contributed by atoms with Gasteiger partial charge >= 0.3 is 0 Å². The molecule has 5 rings (SSSR count). The third-order valence-corrected chi connectivity index (χ3v) is 6.13. The molecule has 2 N–H and O–H groups in total. The first-order chi connectivity index (χ1) is 16.6.